The summed E-state index contributed by atoms with van der Waals surface area (Å²) in [6.45, 7) is 0.185. The Morgan fingerprint density at radius 1 is 1.40 bits per heavy atom. The van der Waals surface area contributed by atoms with Crippen LogP contribution in [0.5, 0.6) is 5.75 Å². The lowest BCUT2D eigenvalue weighted by Crippen LogP contribution is -2.02. The Balaban J connectivity index is 2.45. The van der Waals surface area contributed by atoms with E-state index in [0.717, 1.165) is 11.3 Å². The van der Waals surface area contributed by atoms with Crippen molar-refractivity contribution in [2.24, 2.45) is 0 Å². The molecule has 1 aromatic rings. The number of carbonyl (C=O) groups excluding carboxylic acids is 1. The van der Waals surface area contributed by atoms with E-state index in [4.69, 9.17) is 14.7 Å². The zero-order chi connectivity index (χ0) is 11.1. The minimum absolute atomic E-state index is 0.185. The molecule has 0 radical (unpaired) electrons. The van der Waals surface area contributed by atoms with Gasteiger partial charge in [0.25, 0.3) is 0 Å². The number of benzene rings is 1. The zero-order valence-corrected chi connectivity index (χ0v) is 8.40. The van der Waals surface area contributed by atoms with Crippen LogP contribution in [0.25, 0.3) is 0 Å². The highest BCUT2D eigenvalue weighted by Crippen LogP contribution is 2.11. The van der Waals surface area contributed by atoms with Gasteiger partial charge in [-0.3, -0.25) is 4.79 Å². The minimum Gasteiger partial charge on any atom is -0.497 e. The van der Waals surface area contributed by atoms with E-state index in [0.29, 0.717) is 0 Å². The largest absolute Gasteiger partial charge is 0.497 e. The fraction of sp³-hybridized carbons (Fsp3) is 0.273. The molecule has 0 saturated carbocycles. The van der Waals surface area contributed by atoms with Gasteiger partial charge in [0.05, 0.1) is 13.2 Å². The Labute approximate surface area is 88.0 Å². The molecule has 0 aliphatic carbocycles. The van der Waals surface area contributed by atoms with Crippen LogP contribution in [0.2, 0.25) is 0 Å². The summed E-state index contributed by atoms with van der Waals surface area (Å²) >= 11 is 0. The predicted octanol–water partition coefficient (Wildman–Crippen LogP) is 1.65. The topological polar surface area (TPSA) is 59.3 Å². The molecule has 0 N–H and O–H groups in total. The molecule has 0 aromatic heterocycles. The summed E-state index contributed by atoms with van der Waals surface area (Å²) in [6.07, 6.45) is -0.212. The molecule has 0 fully saturated rings. The fourth-order valence-electron chi connectivity index (χ4n) is 1.00. The van der Waals surface area contributed by atoms with Crippen molar-refractivity contribution in [2.75, 3.05) is 7.11 Å². The van der Waals surface area contributed by atoms with E-state index in [2.05, 4.69) is 0 Å². The van der Waals surface area contributed by atoms with Crippen LogP contribution in [0, 0.1) is 11.3 Å². The first-order valence-electron chi connectivity index (χ1n) is 4.41. The maximum Gasteiger partial charge on any atom is 0.320 e. The predicted molar refractivity (Wildman–Crippen MR) is 53.0 cm³/mol. The zero-order valence-electron chi connectivity index (χ0n) is 8.40. The number of hydrogen-bond donors (Lipinski definition) is 0. The van der Waals surface area contributed by atoms with Crippen molar-refractivity contribution < 1.29 is 14.3 Å². The van der Waals surface area contributed by atoms with E-state index in [1.54, 1.807) is 37.4 Å². The van der Waals surface area contributed by atoms with Crippen molar-refractivity contribution in [1.29, 1.82) is 5.26 Å². The lowest BCUT2D eigenvalue weighted by atomic mass is 10.2. The third kappa shape index (κ3) is 3.69. The summed E-state index contributed by atoms with van der Waals surface area (Å²) in [5.41, 5.74) is 0.863. The summed E-state index contributed by atoms with van der Waals surface area (Å²) in [7, 11) is 1.59. The van der Waals surface area contributed by atoms with Gasteiger partial charge in [-0.25, -0.2) is 0 Å². The number of hydrogen-bond acceptors (Lipinski definition) is 4. The highest BCUT2D eigenvalue weighted by atomic mass is 16.5. The van der Waals surface area contributed by atoms with Gasteiger partial charge in [-0.1, -0.05) is 12.1 Å². The molecule has 4 nitrogen and oxygen atoms in total. The number of esters is 1. The van der Waals surface area contributed by atoms with E-state index in [1.165, 1.54) is 0 Å². The smallest absolute Gasteiger partial charge is 0.320 e. The summed E-state index contributed by atoms with van der Waals surface area (Å²) in [4.78, 5) is 10.9. The molecule has 78 valence electrons. The second-order valence-corrected chi connectivity index (χ2v) is 2.84. The lowest BCUT2D eigenvalue weighted by Gasteiger charge is -2.03. The van der Waals surface area contributed by atoms with Crippen molar-refractivity contribution in [1.82, 2.24) is 0 Å². The van der Waals surface area contributed by atoms with Gasteiger partial charge in [0.1, 0.15) is 18.8 Å². The third-order valence-electron chi connectivity index (χ3n) is 1.78. The average molecular weight is 205 g/mol. The highest BCUT2D eigenvalue weighted by molar-refractivity contribution is 5.71. The van der Waals surface area contributed by atoms with E-state index in [1.807, 2.05) is 0 Å². The fourth-order valence-corrected chi connectivity index (χ4v) is 1.00. The van der Waals surface area contributed by atoms with Crippen molar-refractivity contribution >= 4 is 5.97 Å². The second-order valence-electron chi connectivity index (χ2n) is 2.84. The first-order chi connectivity index (χ1) is 7.26. The van der Waals surface area contributed by atoms with Gasteiger partial charge < -0.3 is 9.47 Å². The van der Waals surface area contributed by atoms with E-state index < -0.39 is 5.97 Å². The first kappa shape index (κ1) is 11.1. The summed E-state index contributed by atoms with van der Waals surface area (Å²) in [5.74, 6) is 0.246. The molecule has 0 amide bonds. The van der Waals surface area contributed by atoms with Crippen molar-refractivity contribution in [3.8, 4) is 11.8 Å². The Morgan fingerprint density at radius 2 is 2.07 bits per heavy atom. The number of ether oxygens (including phenoxy) is 2. The van der Waals surface area contributed by atoms with Gasteiger partial charge >= 0.3 is 5.97 Å². The van der Waals surface area contributed by atoms with Gasteiger partial charge in [0.2, 0.25) is 0 Å². The van der Waals surface area contributed by atoms with Crippen LogP contribution in [0.15, 0.2) is 24.3 Å². The third-order valence-corrected chi connectivity index (χ3v) is 1.78. The molecule has 0 aliphatic heterocycles. The molecule has 4 heteroatoms. The van der Waals surface area contributed by atoms with Gasteiger partial charge in [-0.2, -0.15) is 5.26 Å². The van der Waals surface area contributed by atoms with Crippen molar-refractivity contribution in [2.45, 2.75) is 13.0 Å². The van der Waals surface area contributed by atoms with Crippen molar-refractivity contribution in [3.63, 3.8) is 0 Å². The molecule has 0 heterocycles. The summed E-state index contributed by atoms with van der Waals surface area (Å²) in [5, 5.41) is 8.23. The molecule has 0 saturated heterocycles. The molecular weight excluding hydrogens is 194 g/mol. The Hall–Kier alpha value is -2.02. The average Bonchev–Trinajstić information content (AvgIpc) is 2.27. The minimum atomic E-state index is -0.506. The number of carbonyl (C=O) groups is 1. The molecule has 0 aliphatic rings. The van der Waals surface area contributed by atoms with Crippen LogP contribution < -0.4 is 4.74 Å². The molecule has 0 unspecified atom stereocenters. The standard InChI is InChI=1S/C11H11NO3/c1-14-10-4-2-9(3-5-10)8-15-11(13)6-7-12/h2-5H,6,8H2,1H3. The van der Waals surface area contributed by atoms with Crippen molar-refractivity contribution in [3.05, 3.63) is 29.8 Å². The quantitative estimate of drug-likeness (QED) is 0.701. The SMILES string of the molecule is COc1ccc(COC(=O)CC#N)cc1. The highest BCUT2D eigenvalue weighted by Gasteiger charge is 2.01. The number of rotatable bonds is 4. The Morgan fingerprint density at radius 3 is 2.60 bits per heavy atom. The maximum absolute atomic E-state index is 10.9. The van der Waals surface area contributed by atoms with Crippen LogP contribution in [-0.4, -0.2) is 13.1 Å². The van der Waals surface area contributed by atoms with E-state index in [-0.39, 0.29) is 13.0 Å². The van der Waals surface area contributed by atoms with Gasteiger partial charge in [0, 0.05) is 0 Å². The van der Waals surface area contributed by atoms with Gasteiger partial charge in [-0.15, -0.1) is 0 Å². The molecule has 0 spiro atoms. The van der Waals surface area contributed by atoms with E-state index >= 15 is 0 Å². The molecule has 15 heavy (non-hydrogen) atoms. The molecule has 1 aromatic carbocycles. The van der Waals surface area contributed by atoms with Crippen LogP contribution in [0.1, 0.15) is 12.0 Å². The van der Waals surface area contributed by atoms with Crippen LogP contribution in [0.3, 0.4) is 0 Å². The van der Waals surface area contributed by atoms with Gasteiger partial charge in [0.15, 0.2) is 0 Å². The monoisotopic (exact) mass is 205 g/mol. The maximum atomic E-state index is 10.9. The van der Waals surface area contributed by atoms with Crippen LogP contribution in [-0.2, 0) is 16.1 Å². The molecule has 1 rings (SSSR count). The lowest BCUT2D eigenvalue weighted by molar-refractivity contribution is -0.143. The number of methoxy groups -OCH3 is 1. The normalized spacial score (nSPS) is 9.07. The Kier molecular flexibility index (Phi) is 4.17. The summed E-state index contributed by atoms with van der Waals surface area (Å²) < 4.78 is 9.82. The summed E-state index contributed by atoms with van der Waals surface area (Å²) in [6, 6.07) is 8.91. The molecular formula is C11H11NO3. The number of nitriles is 1. The van der Waals surface area contributed by atoms with Gasteiger partial charge in [-0.05, 0) is 17.7 Å². The van der Waals surface area contributed by atoms with Crippen LogP contribution in [0.4, 0.5) is 0 Å². The van der Waals surface area contributed by atoms with Crippen LogP contribution >= 0.6 is 0 Å². The Bertz CT molecular complexity index is 364. The molecule has 0 atom stereocenters. The first-order valence-corrected chi connectivity index (χ1v) is 4.41. The number of nitrogens with zero attached hydrogens (tertiary/aromatic N) is 1. The van der Waals surface area contributed by atoms with E-state index in [9.17, 15) is 4.79 Å². The second kappa shape index (κ2) is 5.66. The molecule has 0 bridgehead atoms.